The number of amides is 2. The summed E-state index contributed by atoms with van der Waals surface area (Å²) in [5.41, 5.74) is 1.84. The molecular weight excluding hydrogens is 252 g/mol. The maximum absolute atomic E-state index is 12.2. The molecule has 1 aromatic carbocycles. The molecule has 0 spiro atoms. The lowest BCUT2D eigenvalue weighted by molar-refractivity contribution is 0.117. The fraction of sp³-hybridized carbons (Fsp3) is 0.562. The Labute approximate surface area is 120 Å². The van der Waals surface area contributed by atoms with Crippen LogP contribution in [-0.2, 0) is 11.2 Å². The van der Waals surface area contributed by atoms with Crippen LogP contribution in [-0.4, -0.2) is 25.3 Å². The van der Waals surface area contributed by atoms with Crippen molar-refractivity contribution < 1.29 is 9.53 Å². The number of rotatable bonds is 5. The van der Waals surface area contributed by atoms with Crippen molar-refractivity contribution in [2.45, 2.75) is 44.6 Å². The number of benzene rings is 1. The molecule has 0 aliphatic heterocycles. The lowest BCUT2D eigenvalue weighted by atomic mass is 9.99. The smallest absolute Gasteiger partial charge is 0.319 e. The van der Waals surface area contributed by atoms with Gasteiger partial charge in [-0.2, -0.15) is 0 Å². The summed E-state index contributed by atoms with van der Waals surface area (Å²) < 4.78 is 5.28. The van der Waals surface area contributed by atoms with E-state index in [4.69, 9.17) is 4.74 Å². The normalized spacial score (nSPS) is 16.9. The number of urea groups is 1. The van der Waals surface area contributed by atoms with Crippen molar-refractivity contribution in [1.29, 1.82) is 0 Å². The molecule has 1 aliphatic carbocycles. The van der Waals surface area contributed by atoms with Crippen LogP contribution in [0.3, 0.4) is 0 Å². The van der Waals surface area contributed by atoms with Gasteiger partial charge in [0.05, 0.1) is 12.1 Å². The third kappa shape index (κ3) is 3.51. The van der Waals surface area contributed by atoms with Gasteiger partial charge in [0.25, 0.3) is 0 Å². The molecule has 0 saturated heterocycles. The highest BCUT2D eigenvalue weighted by atomic mass is 16.5. The third-order valence-corrected chi connectivity index (χ3v) is 4.01. The van der Waals surface area contributed by atoms with E-state index in [1.165, 1.54) is 0 Å². The van der Waals surface area contributed by atoms with E-state index in [0.29, 0.717) is 6.61 Å². The van der Waals surface area contributed by atoms with Crippen LogP contribution in [0.2, 0.25) is 0 Å². The van der Waals surface area contributed by atoms with Crippen LogP contribution in [0.15, 0.2) is 24.3 Å². The molecule has 0 aromatic heterocycles. The van der Waals surface area contributed by atoms with E-state index < -0.39 is 0 Å². The maximum atomic E-state index is 12.2. The van der Waals surface area contributed by atoms with Gasteiger partial charge in [-0.1, -0.05) is 38.0 Å². The second-order valence-corrected chi connectivity index (χ2v) is 5.51. The molecule has 1 fully saturated rings. The van der Waals surface area contributed by atoms with Crippen LogP contribution in [0.5, 0.6) is 0 Å². The Bertz CT molecular complexity index is 454. The van der Waals surface area contributed by atoms with Crippen LogP contribution in [0, 0.1) is 0 Å². The molecule has 20 heavy (non-hydrogen) atoms. The number of aryl methyl sites for hydroxylation is 1. The van der Waals surface area contributed by atoms with Crippen LogP contribution < -0.4 is 10.6 Å². The summed E-state index contributed by atoms with van der Waals surface area (Å²) in [6.07, 6.45) is 5.18. The Kier molecular flexibility index (Phi) is 5.01. The molecule has 1 aromatic rings. The van der Waals surface area contributed by atoms with Crippen molar-refractivity contribution in [3.8, 4) is 0 Å². The standard InChI is InChI=1S/C16H24N2O2/c1-3-13-8-4-5-9-14(13)17-15(19)18-16(12-20-2)10-6-7-11-16/h4-5,8-9H,3,6-7,10-12H2,1-2H3,(H2,17,18,19). The monoisotopic (exact) mass is 276 g/mol. The van der Waals surface area contributed by atoms with Gasteiger partial charge in [-0.3, -0.25) is 0 Å². The highest BCUT2D eigenvalue weighted by Crippen LogP contribution is 2.30. The molecule has 2 N–H and O–H groups in total. The first-order valence-corrected chi connectivity index (χ1v) is 7.35. The summed E-state index contributed by atoms with van der Waals surface area (Å²) >= 11 is 0. The van der Waals surface area contributed by atoms with Crippen molar-refractivity contribution in [2.24, 2.45) is 0 Å². The number of nitrogens with one attached hydrogen (secondary N) is 2. The number of hydrogen-bond acceptors (Lipinski definition) is 2. The average molecular weight is 276 g/mol. The zero-order valence-electron chi connectivity index (χ0n) is 12.4. The number of carbonyl (C=O) groups is 1. The largest absolute Gasteiger partial charge is 0.382 e. The molecule has 4 heteroatoms. The number of anilines is 1. The summed E-state index contributed by atoms with van der Waals surface area (Å²) in [6, 6.07) is 7.78. The van der Waals surface area contributed by atoms with Crippen molar-refractivity contribution in [2.75, 3.05) is 19.0 Å². The second-order valence-electron chi connectivity index (χ2n) is 5.51. The maximum Gasteiger partial charge on any atom is 0.319 e. The van der Waals surface area contributed by atoms with Crippen molar-refractivity contribution >= 4 is 11.7 Å². The Hall–Kier alpha value is -1.55. The minimum atomic E-state index is -0.194. The summed E-state index contributed by atoms with van der Waals surface area (Å²) in [6.45, 7) is 2.66. The molecule has 0 radical (unpaired) electrons. The zero-order valence-corrected chi connectivity index (χ0v) is 12.4. The fourth-order valence-electron chi connectivity index (χ4n) is 2.98. The van der Waals surface area contributed by atoms with Gasteiger partial charge in [0, 0.05) is 12.8 Å². The second kappa shape index (κ2) is 6.75. The molecule has 4 nitrogen and oxygen atoms in total. The number of ether oxygens (including phenoxy) is 1. The van der Waals surface area contributed by atoms with E-state index in [2.05, 4.69) is 17.6 Å². The molecule has 0 atom stereocenters. The SMILES string of the molecule is CCc1ccccc1NC(=O)NC1(COC)CCCC1. The van der Waals surface area contributed by atoms with Crippen molar-refractivity contribution in [3.63, 3.8) is 0 Å². The molecule has 0 heterocycles. The lowest BCUT2D eigenvalue weighted by Gasteiger charge is -2.29. The lowest BCUT2D eigenvalue weighted by Crippen LogP contribution is -2.51. The Morgan fingerprint density at radius 2 is 2.00 bits per heavy atom. The van der Waals surface area contributed by atoms with Crippen molar-refractivity contribution in [1.82, 2.24) is 5.32 Å². The van der Waals surface area contributed by atoms with Gasteiger partial charge in [-0.15, -0.1) is 0 Å². The van der Waals surface area contributed by atoms with Gasteiger partial charge in [0.1, 0.15) is 0 Å². The number of hydrogen-bond donors (Lipinski definition) is 2. The van der Waals surface area contributed by atoms with E-state index >= 15 is 0 Å². The average Bonchev–Trinajstić information content (AvgIpc) is 2.88. The van der Waals surface area contributed by atoms with E-state index in [9.17, 15) is 4.79 Å². The number of methoxy groups -OCH3 is 1. The van der Waals surface area contributed by atoms with Crippen LogP contribution in [0.4, 0.5) is 10.5 Å². The molecule has 0 unspecified atom stereocenters. The molecular formula is C16H24N2O2. The van der Waals surface area contributed by atoms with Crippen molar-refractivity contribution in [3.05, 3.63) is 29.8 Å². The van der Waals surface area contributed by atoms with E-state index in [0.717, 1.165) is 43.4 Å². The molecule has 2 rings (SSSR count). The van der Waals surface area contributed by atoms with Gasteiger partial charge in [-0.25, -0.2) is 4.79 Å². The van der Waals surface area contributed by atoms with E-state index in [1.54, 1.807) is 7.11 Å². The van der Waals surface area contributed by atoms with Gasteiger partial charge >= 0.3 is 6.03 Å². The summed E-state index contributed by atoms with van der Waals surface area (Å²) in [7, 11) is 1.69. The van der Waals surface area contributed by atoms with E-state index in [1.807, 2.05) is 24.3 Å². The van der Waals surface area contributed by atoms with Crippen LogP contribution >= 0.6 is 0 Å². The Morgan fingerprint density at radius 1 is 1.30 bits per heavy atom. The highest BCUT2D eigenvalue weighted by Gasteiger charge is 2.35. The fourth-order valence-corrected chi connectivity index (χ4v) is 2.98. The molecule has 110 valence electrons. The van der Waals surface area contributed by atoms with Gasteiger partial charge in [-0.05, 0) is 30.9 Å². The van der Waals surface area contributed by atoms with Gasteiger partial charge in [0.15, 0.2) is 0 Å². The Morgan fingerprint density at radius 3 is 2.65 bits per heavy atom. The Balaban J connectivity index is 2.01. The minimum Gasteiger partial charge on any atom is -0.382 e. The highest BCUT2D eigenvalue weighted by molar-refractivity contribution is 5.90. The van der Waals surface area contributed by atoms with Crippen LogP contribution in [0.1, 0.15) is 38.2 Å². The van der Waals surface area contributed by atoms with Crippen LogP contribution in [0.25, 0.3) is 0 Å². The quantitative estimate of drug-likeness (QED) is 0.866. The first-order chi connectivity index (χ1) is 9.69. The minimum absolute atomic E-state index is 0.134. The third-order valence-electron chi connectivity index (χ3n) is 4.01. The summed E-state index contributed by atoms with van der Waals surface area (Å²) in [5.74, 6) is 0. The first kappa shape index (κ1) is 14.9. The topological polar surface area (TPSA) is 50.4 Å². The zero-order chi connectivity index (χ0) is 14.4. The molecule has 1 saturated carbocycles. The molecule has 0 bridgehead atoms. The van der Waals surface area contributed by atoms with Gasteiger partial charge < -0.3 is 15.4 Å². The first-order valence-electron chi connectivity index (χ1n) is 7.35. The molecule has 1 aliphatic rings. The number of para-hydroxylation sites is 1. The number of carbonyl (C=O) groups excluding carboxylic acids is 1. The van der Waals surface area contributed by atoms with Gasteiger partial charge in [0.2, 0.25) is 0 Å². The summed E-state index contributed by atoms with van der Waals surface area (Å²) in [5, 5.41) is 6.08. The molecule has 2 amide bonds. The van der Waals surface area contributed by atoms with E-state index in [-0.39, 0.29) is 11.6 Å². The predicted octanol–water partition coefficient (Wildman–Crippen LogP) is 3.33. The predicted molar refractivity (Wildman–Crippen MR) is 81.0 cm³/mol. The summed E-state index contributed by atoms with van der Waals surface area (Å²) in [4.78, 5) is 12.2.